The molecular weight excluding hydrogens is 328 g/mol. The molecule has 0 unspecified atom stereocenters. The molecule has 4 rings (SSSR count). The number of fused-ring (bicyclic) bond motifs is 1. The first-order valence-corrected chi connectivity index (χ1v) is 8.42. The predicted molar refractivity (Wildman–Crippen MR) is 104 cm³/mol. The highest BCUT2D eigenvalue weighted by molar-refractivity contribution is 5.97. The zero-order valence-electron chi connectivity index (χ0n) is 14.3. The molecule has 128 valence electrons. The fourth-order valence-corrected chi connectivity index (χ4v) is 3.30. The fraction of sp³-hybridized carbons (Fsp3) is 0.0435. The van der Waals surface area contributed by atoms with Gasteiger partial charge in [-0.3, -0.25) is 0 Å². The number of para-hydroxylation sites is 1. The number of halogens is 2. The maximum atomic E-state index is 15.4. The minimum atomic E-state index is -0.384. The molecule has 0 saturated heterocycles. The van der Waals surface area contributed by atoms with E-state index in [0.717, 1.165) is 16.3 Å². The second-order valence-corrected chi connectivity index (χ2v) is 6.18. The van der Waals surface area contributed by atoms with E-state index in [9.17, 15) is 4.39 Å². The maximum Gasteiger partial charge on any atom is 0.154 e. The molecule has 4 aromatic carbocycles. The third-order valence-corrected chi connectivity index (χ3v) is 4.63. The van der Waals surface area contributed by atoms with Crippen LogP contribution in [0.2, 0.25) is 0 Å². The first kappa shape index (κ1) is 16.3. The molecule has 26 heavy (non-hydrogen) atoms. The van der Waals surface area contributed by atoms with Gasteiger partial charge in [-0.25, -0.2) is 8.78 Å². The molecule has 0 aliphatic heterocycles. The average Bonchev–Trinajstić information content (AvgIpc) is 2.68. The lowest BCUT2D eigenvalue weighted by Crippen LogP contribution is -2.13. The number of benzene rings is 4. The van der Waals surface area contributed by atoms with Gasteiger partial charge in [-0.05, 0) is 34.5 Å². The van der Waals surface area contributed by atoms with Crippen LogP contribution in [0.5, 0.6) is 0 Å². The zero-order chi connectivity index (χ0) is 18.1. The van der Waals surface area contributed by atoms with Crippen LogP contribution in [0.1, 0.15) is 0 Å². The normalized spacial score (nSPS) is 10.9. The van der Waals surface area contributed by atoms with Crippen LogP contribution in [0.3, 0.4) is 0 Å². The van der Waals surface area contributed by atoms with Crippen molar-refractivity contribution in [3.8, 4) is 11.1 Å². The van der Waals surface area contributed by atoms with Gasteiger partial charge < -0.3 is 4.90 Å². The van der Waals surface area contributed by atoms with Crippen molar-refractivity contribution in [2.24, 2.45) is 0 Å². The summed E-state index contributed by atoms with van der Waals surface area (Å²) in [6.07, 6.45) is 0. The Bertz CT molecular complexity index is 1080. The molecule has 4 aromatic rings. The molecule has 0 aromatic heterocycles. The lowest BCUT2D eigenvalue weighted by molar-refractivity contribution is 0.619. The van der Waals surface area contributed by atoms with Crippen molar-refractivity contribution in [2.75, 3.05) is 11.9 Å². The third-order valence-electron chi connectivity index (χ3n) is 4.63. The van der Waals surface area contributed by atoms with Crippen molar-refractivity contribution in [3.63, 3.8) is 0 Å². The van der Waals surface area contributed by atoms with Crippen LogP contribution in [0.4, 0.5) is 20.2 Å². The fourth-order valence-electron chi connectivity index (χ4n) is 3.30. The Kier molecular flexibility index (Phi) is 4.13. The van der Waals surface area contributed by atoms with Crippen molar-refractivity contribution in [2.45, 2.75) is 0 Å². The van der Waals surface area contributed by atoms with Gasteiger partial charge in [-0.1, -0.05) is 66.7 Å². The molecule has 0 N–H and O–H groups in total. The van der Waals surface area contributed by atoms with Gasteiger partial charge in [0.15, 0.2) is 5.82 Å². The molecular formula is C23H17F2N. The molecule has 0 heterocycles. The van der Waals surface area contributed by atoms with Gasteiger partial charge in [0.1, 0.15) is 5.82 Å². The molecule has 0 amide bonds. The number of hydrogen-bond donors (Lipinski definition) is 0. The van der Waals surface area contributed by atoms with Gasteiger partial charge in [0.05, 0.1) is 11.4 Å². The van der Waals surface area contributed by atoms with Crippen LogP contribution in [-0.2, 0) is 0 Å². The summed E-state index contributed by atoms with van der Waals surface area (Å²) in [5.74, 6) is -0.750. The van der Waals surface area contributed by atoms with Crippen molar-refractivity contribution < 1.29 is 8.78 Å². The minimum absolute atomic E-state index is 0.334. The smallest absolute Gasteiger partial charge is 0.154 e. The number of rotatable bonds is 3. The van der Waals surface area contributed by atoms with Gasteiger partial charge in [-0.15, -0.1) is 0 Å². The Morgan fingerprint density at radius 1 is 0.615 bits per heavy atom. The van der Waals surface area contributed by atoms with Gasteiger partial charge in [0.2, 0.25) is 0 Å². The van der Waals surface area contributed by atoms with Gasteiger partial charge in [0, 0.05) is 12.6 Å². The predicted octanol–water partition coefficient (Wildman–Crippen LogP) is 6.55. The summed E-state index contributed by atoms with van der Waals surface area (Å²) in [5.41, 5.74) is 1.99. The standard InChI is InChI=1S/C23H17F2N/c1-26(21-14-5-4-13-20(21)24)22-15-7-12-19(23(22)25)18-11-6-9-16-8-2-3-10-17(16)18/h2-15H,1H3. The van der Waals surface area contributed by atoms with Crippen LogP contribution in [-0.4, -0.2) is 7.05 Å². The molecule has 0 aliphatic rings. The summed E-state index contributed by atoms with van der Waals surface area (Å²) in [6.45, 7) is 0. The van der Waals surface area contributed by atoms with E-state index in [0.29, 0.717) is 16.9 Å². The third kappa shape index (κ3) is 2.72. The van der Waals surface area contributed by atoms with Gasteiger partial charge in [-0.2, -0.15) is 0 Å². The van der Waals surface area contributed by atoms with E-state index in [-0.39, 0.29) is 11.6 Å². The number of anilines is 2. The highest BCUT2D eigenvalue weighted by atomic mass is 19.1. The Labute approximate surface area is 151 Å². The second-order valence-electron chi connectivity index (χ2n) is 6.18. The molecule has 3 heteroatoms. The number of nitrogens with zero attached hydrogens (tertiary/aromatic N) is 1. The van der Waals surface area contributed by atoms with Gasteiger partial charge in [0.25, 0.3) is 0 Å². The maximum absolute atomic E-state index is 15.4. The van der Waals surface area contributed by atoms with Crippen LogP contribution in [0, 0.1) is 11.6 Å². The van der Waals surface area contributed by atoms with E-state index in [1.807, 2.05) is 42.5 Å². The Morgan fingerprint density at radius 2 is 1.23 bits per heavy atom. The SMILES string of the molecule is CN(c1ccccc1F)c1cccc(-c2cccc3ccccc23)c1F. The van der Waals surface area contributed by atoms with Crippen molar-refractivity contribution in [1.82, 2.24) is 0 Å². The first-order valence-electron chi connectivity index (χ1n) is 8.42. The molecule has 0 spiro atoms. The molecule has 0 atom stereocenters. The summed E-state index contributed by atoms with van der Waals surface area (Å²) >= 11 is 0. The van der Waals surface area contributed by atoms with Gasteiger partial charge >= 0.3 is 0 Å². The molecule has 0 saturated carbocycles. The Balaban J connectivity index is 1.88. The minimum Gasteiger partial charge on any atom is -0.340 e. The molecule has 1 nitrogen and oxygen atoms in total. The Hall–Kier alpha value is -3.20. The largest absolute Gasteiger partial charge is 0.340 e. The molecule has 0 radical (unpaired) electrons. The van der Waals surface area contributed by atoms with Crippen molar-refractivity contribution in [1.29, 1.82) is 0 Å². The van der Waals surface area contributed by atoms with Crippen molar-refractivity contribution in [3.05, 3.63) is 96.6 Å². The van der Waals surface area contributed by atoms with E-state index >= 15 is 4.39 Å². The van der Waals surface area contributed by atoms with Crippen LogP contribution in [0.15, 0.2) is 84.9 Å². The molecule has 0 aliphatic carbocycles. The van der Waals surface area contributed by atoms with Crippen LogP contribution >= 0.6 is 0 Å². The highest BCUT2D eigenvalue weighted by Crippen LogP contribution is 2.36. The summed E-state index contributed by atoms with van der Waals surface area (Å²) in [6, 6.07) is 25.3. The monoisotopic (exact) mass is 345 g/mol. The average molecular weight is 345 g/mol. The van der Waals surface area contributed by atoms with E-state index in [2.05, 4.69) is 0 Å². The summed E-state index contributed by atoms with van der Waals surface area (Å²) in [4.78, 5) is 1.54. The summed E-state index contributed by atoms with van der Waals surface area (Å²) < 4.78 is 29.5. The van der Waals surface area contributed by atoms with E-state index < -0.39 is 0 Å². The van der Waals surface area contributed by atoms with E-state index in [1.165, 1.54) is 6.07 Å². The lowest BCUT2D eigenvalue weighted by atomic mass is 9.97. The quantitative estimate of drug-likeness (QED) is 0.407. The van der Waals surface area contributed by atoms with Crippen LogP contribution < -0.4 is 4.90 Å². The van der Waals surface area contributed by atoms with E-state index in [4.69, 9.17) is 0 Å². The lowest BCUT2D eigenvalue weighted by Gasteiger charge is -2.22. The van der Waals surface area contributed by atoms with Crippen molar-refractivity contribution >= 4 is 22.1 Å². The molecule has 0 fully saturated rings. The first-order chi connectivity index (χ1) is 12.7. The van der Waals surface area contributed by atoms with Crippen LogP contribution in [0.25, 0.3) is 21.9 Å². The highest BCUT2D eigenvalue weighted by Gasteiger charge is 2.17. The second kappa shape index (κ2) is 6.60. The zero-order valence-corrected chi connectivity index (χ0v) is 14.3. The number of hydrogen-bond acceptors (Lipinski definition) is 1. The Morgan fingerprint density at radius 3 is 2.08 bits per heavy atom. The molecule has 0 bridgehead atoms. The topological polar surface area (TPSA) is 3.24 Å². The van der Waals surface area contributed by atoms with E-state index in [1.54, 1.807) is 48.3 Å². The summed E-state index contributed by atoms with van der Waals surface area (Å²) in [7, 11) is 1.67. The summed E-state index contributed by atoms with van der Waals surface area (Å²) in [5, 5.41) is 2.04.